The molecule has 15 heavy (non-hydrogen) atoms. The highest BCUT2D eigenvalue weighted by atomic mass is 35.5. The van der Waals surface area contributed by atoms with Gasteiger partial charge in [-0.2, -0.15) is 5.26 Å². The third-order valence-electron chi connectivity index (χ3n) is 2.06. The number of aromatic nitrogens is 1. The number of nitrogens with zero attached hydrogens (tertiary/aromatic N) is 2. The summed E-state index contributed by atoms with van der Waals surface area (Å²) < 4.78 is 24.8. The maximum atomic E-state index is 12.4. The summed E-state index contributed by atoms with van der Waals surface area (Å²) in [4.78, 5) is 3.74. The number of halogens is 3. The van der Waals surface area contributed by atoms with Crippen LogP contribution in [0.25, 0.3) is 0 Å². The van der Waals surface area contributed by atoms with Crippen molar-refractivity contribution in [2.75, 3.05) is 0 Å². The molecular weight excluding hydrogens is 222 g/mol. The van der Waals surface area contributed by atoms with Gasteiger partial charge in [0.05, 0.1) is 18.2 Å². The van der Waals surface area contributed by atoms with Gasteiger partial charge in [-0.15, -0.1) is 11.6 Å². The second kappa shape index (κ2) is 5.04. The molecule has 0 saturated heterocycles. The molecule has 0 aliphatic carbocycles. The zero-order valence-corrected chi connectivity index (χ0v) is 8.85. The van der Waals surface area contributed by atoms with Crippen LogP contribution in [0.3, 0.4) is 0 Å². The van der Waals surface area contributed by atoms with Crippen LogP contribution in [0, 0.1) is 18.3 Å². The van der Waals surface area contributed by atoms with Crippen molar-refractivity contribution in [2.24, 2.45) is 0 Å². The summed E-state index contributed by atoms with van der Waals surface area (Å²) in [6.07, 6.45) is -2.62. The second-order valence-corrected chi connectivity index (χ2v) is 3.33. The van der Waals surface area contributed by atoms with Crippen molar-refractivity contribution in [1.82, 2.24) is 4.98 Å². The predicted molar refractivity (Wildman–Crippen MR) is 52.8 cm³/mol. The van der Waals surface area contributed by atoms with Crippen molar-refractivity contribution in [1.29, 1.82) is 5.26 Å². The molecule has 0 atom stereocenters. The Labute approximate surface area is 91.5 Å². The topological polar surface area (TPSA) is 36.7 Å². The van der Waals surface area contributed by atoms with Crippen LogP contribution in [-0.4, -0.2) is 4.98 Å². The van der Waals surface area contributed by atoms with Crippen molar-refractivity contribution in [2.45, 2.75) is 25.7 Å². The number of hydrogen-bond donors (Lipinski definition) is 0. The molecule has 0 saturated carbocycles. The Morgan fingerprint density at radius 2 is 2.27 bits per heavy atom. The van der Waals surface area contributed by atoms with Crippen LogP contribution in [0.2, 0.25) is 0 Å². The van der Waals surface area contributed by atoms with Crippen molar-refractivity contribution >= 4 is 11.6 Å². The molecule has 0 radical (unpaired) electrons. The number of hydrogen-bond acceptors (Lipinski definition) is 2. The minimum atomic E-state index is -2.62. The van der Waals surface area contributed by atoms with Gasteiger partial charge in [0.15, 0.2) is 0 Å². The molecule has 0 spiro atoms. The van der Waals surface area contributed by atoms with Gasteiger partial charge in [0.1, 0.15) is 5.69 Å². The fourth-order valence-corrected chi connectivity index (χ4v) is 1.67. The van der Waals surface area contributed by atoms with Crippen LogP contribution >= 0.6 is 11.6 Å². The van der Waals surface area contributed by atoms with Crippen LogP contribution in [0.1, 0.15) is 28.9 Å². The molecule has 0 aliphatic rings. The van der Waals surface area contributed by atoms with E-state index in [2.05, 4.69) is 4.98 Å². The summed E-state index contributed by atoms with van der Waals surface area (Å²) >= 11 is 5.67. The van der Waals surface area contributed by atoms with E-state index >= 15 is 0 Å². The maximum absolute atomic E-state index is 12.4. The Morgan fingerprint density at radius 3 is 2.73 bits per heavy atom. The highest BCUT2D eigenvalue weighted by Crippen LogP contribution is 2.23. The highest BCUT2D eigenvalue weighted by Gasteiger charge is 2.14. The lowest BCUT2D eigenvalue weighted by atomic mass is 10.1. The molecule has 0 fully saturated rings. The molecule has 1 aromatic heterocycles. The molecule has 1 rings (SSSR count). The first-order valence-electron chi connectivity index (χ1n) is 4.30. The number of alkyl halides is 3. The van der Waals surface area contributed by atoms with Crippen molar-refractivity contribution in [3.05, 3.63) is 28.6 Å². The van der Waals surface area contributed by atoms with E-state index in [0.717, 1.165) is 0 Å². The molecule has 0 aliphatic heterocycles. The standard InChI is InChI=1S/C10H9ClF2N2/c1-6-4-9(10(12)13)15-8(2-3-14)7(6)5-11/h4,10H,2,5H2,1H3. The summed E-state index contributed by atoms with van der Waals surface area (Å²) in [5, 5.41) is 8.54. The number of rotatable bonds is 3. The van der Waals surface area contributed by atoms with E-state index in [1.54, 1.807) is 6.92 Å². The molecule has 0 unspecified atom stereocenters. The average Bonchev–Trinajstić information content (AvgIpc) is 2.17. The summed E-state index contributed by atoms with van der Waals surface area (Å²) in [6, 6.07) is 3.19. The molecule has 5 heteroatoms. The molecule has 1 aromatic rings. The van der Waals surface area contributed by atoms with Gasteiger partial charge in [-0.05, 0) is 24.1 Å². The van der Waals surface area contributed by atoms with Gasteiger partial charge in [-0.3, -0.25) is 4.98 Å². The fraction of sp³-hybridized carbons (Fsp3) is 0.400. The molecule has 0 bridgehead atoms. The quantitative estimate of drug-likeness (QED) is 0.748. The number of aryl methyl sites for hydroxylation is 1. The first-order valence-corrected chi connectivity index (χ1v) is 4.84. The zero-order chi connectivity index (χ0) is 11.4. The maximum Gasteiger partial charge on any atom is 0.280 e. The fourth-order valence-electron chi connectivity index (χ4n) is 1.31. The van der Waals surface area contributed by atoms with Crippen LogP contribution in [-0.2, 0) is 12.3 Å². The lowest BCUT2D eigenvalue weighted by molar-refractivity contribution is 0.145. The minimum absolute atomic E-state index is 0.00343. The van der Waals surface area contributed by atoms with Gasteiger partial charge in [0.25, 0.3) is 6.43 Å². The third-order valence-corrected chi connectivity index (χ3v) is 2.32. The highest BCUT2D eigenvalue weighted by molar-refractivity contribution is 6.17. The van der Waals surface area contributed by atoms with Crippen LogP contribution in [0.4, 0.5) is 8.78 Å². The first-order chi connectivity index (χ1) is 7.10. The monoisotopic (exact) mass is 230 g/mol. The Balaban J connectivity index is 3.26. The molecule has 2 nitrogen and oxygen atoms in total. The third kappa shape index (κ3) is 2.63. The number of nitriles is 1. The molecule has 0 aromatic carbocycles. The van der Waals surface area contributed by atoms with Crippen LogP contribution < -0.4 is 0 Å². The van der Waals surface area contributed by atoms with E-state index in [-0.39, 0.29) is 18.0 Å². The van der Waals surface area contributed by atoms with Crippen LogP contribution in [0.5, 0.6) is 0 Å². The van der Waals surface area contributed by atoms with Crippen molar-refractivity contribution < 1.29 is 8.78 Å². The van der Waals surface area contributed by atoms with Gasteiger partial charge in [-0.25, -0.2) is 8.78 Å². The molecule has 0 amide bonds. The number of pyridine rings is 1. The second-order valence-electron chi connectivity index (χ2n) is 3.06. The van der Waals surface area contributed by atoms with Gasteiger partial charge in [0, 0.05) is 5.88 Å². The summed E-state index contributed by atoms with van der Waals surface area (Å²) in [6.45, 7) is 1.69. The summed E-state index contributed by atoms with van der Waals surface area (Å²) in [7, 11) is 0. The van der Waals surface area contributed by atoms with Crippen molar-refractivity contribution in [3.8, 4) is 6.07 Å². The largest absolute Gasteiger partial charge is 0.280 e. The molecule has 80 valence electrons. The molecule has 1 heterocycles. The SMILES string of the molecule is Cc1cc(C(F)F)nc(CC#N)c1CCl. The Kier molecular flexibility index (Phi) is 3.98. The van der Waals surface area contributed by atoms with E-state index in [1.807, 2.05) is 6.07 Å². The lowest BCUT2D eigenvalue weighted by Gasteiger charge is -2.09. The van der Waals surface area contributed by atoms with Gasteiger partial charge in [-0.1, -0.05) is 0 Å². The minimum Gasteiger partial charge on any atom is -0.250 e. The Morgan fingerprint density at radius 1 is 1.60 bits per heavy atom. The zero-order valence-electron chi connectivity index (χ0n) is 8.10. The van der Waals surface area contributed by atoms with Gasteiger partial charge >= 0.3 is 0 Å². The Hall–Kier alpha value is -1.21. The smallest absolute Gasteiger partial charge is 0.250 e. The van der Waals surface area contributed by atoms with E-state index in [1.165, 1.54) is 6.07 Å². The first kappa shape index (κ1) is 11.9. The van der Waals surface area contributed by atoms with Gasteiger partial charge < -0.3 is 0 Å². The van der Waals surface area contributed by atoms with E-state index in [0.29, 0.717) is 16.8 Å². The Bertz CT molecular complexity index is 399. The van der Waals surface area contributed by atoms with E-state index in [9.17, 15) is 8.78 Å². The molecular formula is C10H9ClF2N2. The van der Waals surface area contributed by atoms with Crippen molar-refractivity contribution in [3.63, 3.8) is 0 Å². The summed E-state index contributed by atoms with van der Waals surface area (Å²) in [5.41, 5.74) is 1.37. The van der Waals surface area contributed by atoms with Crippen LogP contribution in [0.15, 0.2) is 6.07 Å². The lowest BCUT2D eigenvalue weighted by Crippen LogP contribution is -2.03. The summed E-state index contributed by atoms with van der Waals surface area (Å²) in [5.74, 6) is 0.180. The average molecular weight is 231 g/mol. The predicted octanol–water partition coefficient (Wildman–Crippen LogP) is 3.13. The molecule has 0 N–H and O–H groups in total. The van der Waals surface area contributed by atoms with E-state index < -0.39 is 6.43 Å². The normalized spacial score (nSPS) is 10.4. The van der Waals surface area contributed by atoms with Gasteiger partial charge in [0.2, 0.25) is 0 Å². The van der Waals surface area contributed by atoms with E-state index in [4.69, 9.17) is 16.9 Å².